The van der Waals surface area contributed by atoms with Gasteiger partial charge in [-0.2, -0.15) is 5.10 Å². The van der Waals surface area contributed by atoms with Crippen molar-refractivity contribution in [2.75, 3.05) is 5.32 Å². The Morgan fingerprint density at radius 3 is 2.61 bits per heavy atom. The van der Waals surface area contributed by atoms with Gasteiger partial charge < -0.3 is 5.32 Å². The minimum atomic E-state index is -0.559. The summed E-state index contributed by atoms with van der Waals surface area (Å²) >= 11 is 0. The number of hydrogen-bond donors (Lipinski definition) is 1. The molecule has 8 heteroatoms. The van der Waals surface area contributed by atoms with Crippen LogP contribution in [0.25, 0.3) is 5.69 Å². The van der Waals surface area contributed by atoms with Crippen molar-refractivity contribution in [3.05, 3.63) is 76.9 Å². The number of para-hydroxylation sites is 1. The van der Waals surface area contributed by atoms with Crippen molar-refractivity contribution in [3.8, 4) is 5.69 Å². The molecule has 1 N–H and O–H groups in total. The van der Waals surface area contributed by atoms with Crippen molar-refractivity contribution in [1.29, 1.82) is 0 Å². The lowest BCUT2D eigenvalue weighted by atomic mass is 10.1. The topological polar surface area (TPSA) is 103 Å². The van der Waals surface area contributed by atoms with Crippen molar-refractivity contribution in [2.45, 2.75) is 0 Å². The van der Waals surface area contributed by atoms with E-state index in [1.807, 2.05) is 6.07 Å². The third kappa shape index (κ3) is 3.05. The first-order valence-corrected chi connectivity index (χ1v) is 6.65. The molecule has 0 unspecified atom stereocenters. The molecular weight excluding hydrogens is 298 g/mol. The number of carbonyl (C=O) groups excluding carboxylic acids is 1. The molecule has 1 aromatic heterocycles. The maximum atomic E-state index is 12.2. The van der Waals surface area contributed by atoms with Crippen LogP contribution in [0.3, 0.4) is 0 Å². The third-order valence-corrected chi connectivity index (χ3v) is 3.13. The zero-order valence-corrected chi connectivity index (χ0v) is 11.8. The standard InChI is InChI=1S/C15H11N5O3/c21-15(18-12-4-2-1-3-5-12)11-6-7-13(14(8-11)20(22)23)19-10-16-9-17-19/h1-10H,(H,18,21). The molecule has 8 nitrogen and oxygen atoms in total. The molecule has 3 rings (SSSR count). The lowest BCUT2D eigenvalue weighted by Crippen LogP contribution is -2.12. The van der Waals surface area contributed by atoms with E-state index in [-0.39, 0.29) is 16.9 Å². The van der Waals surface area contributed by atoms with Gasteiger partial charge in [0.25, 0.3) is 11.6 Å². The van der Waals surface area contributed by atoms with Crippen molar-refractivity contribution in [1.82, 2.24) is 14.8 Å². The summed E-state index contributed by atoms with van der Waals surface area (Å²) in [5.74, 6) is -0.426. The van der Waals surface area contributed by atoms with Crippen LogP contribution in [0.2, 0.25) is 0 Å². The second-order valence-corrected chi connectivity index (χ2v) is 4.62. The maximum Gasteiger partial charge on any atom is 0.295 e. The Kier molecular flexibility index (Phi) is 3.79. The third-order valence-electron chi connectivity index (χ3n) is 3.13. The van der Waals surface area contributed by atoms with E-state index in [1.165, 1.54) is 35.5 Å². The molecule has 0 atom stereocenters. The normalized spacial score (nSPS) is 10.3. The number of carbonyl (C=O) groups is 1. The van der Waals surface area contributed by atoms with Crippen LogP contribution >= 0.6 is 0 Å². The van der Waals surface area contributed by atoms with Crippen molar-refractivity contribution in [3.63, 3.8) is 0 Å². The average molecular weight is 309 g/mol. The molecule has 0 aliphatic carbocycles. The van der Waals surface area contributed by atoms with Gasteiger partial charge in [0.05, 0.1) is 4.92 Å². The minimum Gasteiger partial charge on any atom is -0.322 e. The van der Waals surface area contributed by atoms with E-state index in [0.717, 1.165) is 0 Å². The van der Waals surface area contributed by atoms with Gasteiger partial charge in [0.15, 0.2) is 0 Å². The summed E-state index contributed by atoms with van der Waals surface area (Å²) in [4.78, 5) is 26.7. The summed E-state index contributed by atoms with van der Waals surface area (Å²) in [5.41, 5.74) is 0.810. The molecule has 0 bridgehead atoms. The summed E-state index contributed by atoms with van der Waals surface area (Å²) in [7, 11) is 0. The fraction of sp³-hybridized carbons (Fsp3) is 0. The second kappa shape index (κ2) is 6.06. The number of hydrogen-bond acceptors (Lipinski definition) is 5. The van der Waals surface area contributed by atoms with Crippen molar-refractivity contribution < 1.29 is 9.72 Å². The van der Waals surface area contributed by atoms with Crippen LogP contribution in [0, 0.1) is 10.1 Å². The predicted octanol–water partition coefficient (Wildman–Crippen LogP) is 2.43. The lowest BCUT2D eigenvalue weighted by Gasteiger charge is -2.07. The Morgan fingerprint density at radius 1 is 1.17 bits per heavy atom. The number of nitro groups is 1. The van der Waals surface area contributed by atoms with Gasteiger partial charge in [-0.15, -0.1) is 0 Å². The number of benzene rings is 2. The molecule has 1 amide bonds. The lowest BCUT2D eigenvalue weighted by molar-refractivity contribution is -0.384. The van der Waals surface area contributed by atoms with Crippen LogP contribution in [0.5, 0.6) is 0 Å². The smallest absolute Gasteiger partial charge is 0.295 e. The predicted molar refractivity (Wildman–Crippen MR) is 82.4 cm³/mol. The average Bonchev–Trinajstić information content (AvgIpc) is 3.09. The maximum absolute atomic E-state index is 12.2. The van der Waals surface area contributed by atoms with Gasteiger partial charge in [0.1, 0.15) is 18.3 Å². The summed E-state index contributed by atoms with van der Waals surface area (Å²) < 4.78 is 1.27. The molecule has 0 aliphatic heterocycles. The van der Waals surface area contributed by atoms with Crippen LogP contribution in [-0.2, 0) is 0 Å². The highest BCUT2D eigenvalue weighted by atomic mass is 16.6. The summed E-state index contributed by atoms with van der Waals surface area (Å²) in [5, 5.41) is 17.8. The Balaban J connectivity index is 1.93. The fourth-order valence-corrected chi connectivity index (χ4v) is 2.06. The number of amides is 1. The molecule has 0 fully saturated rings. The molecule has 114 valence electrons. The first-order valence-electron chi connectivity index (χ1n) is 6.65. The number of rotatable bonds is 4. The number of nitrogens with one attached hydrogen (secondary N) is 1. The van der Waals surface area contributed by atoms with E-state index < -0.39 is 10.8 Å². The molecule has 0 saturated carbocycles. The van der Waals surface area contributed by atoms with Gasteiger partial charge in [0, 0.05) is 17.3 Å². The Morgan fingerprint density at radius 2 is 1.96 bits per heavy atom. The molecule has 3 aromatic rings. The zero-order valence-electron chi connectivity index (χ0n) is 11.8. The number of nitro benzene ring substituents is 1. The highest BCUT2D eigenvalue weighted by Crippen LogP contribution is 2.24. The molecular formula is C15H11N5O3. The number of anilines is 1. The summed E-state index contributed by atoms with van der Waals surface area (Å²) in [6.07, 6.45) is 2.63. The molecule has 1 heterocycles. The molecule has 2 aromatic carbocycles. The van der Waals surface area contributed by atoms with Gasteiger partial charge in [0.2, 0.25) is 0 Å². The SMILES string of the molecule is O=C(Nc1ccccc1)c1ccc(-n2cncn2)c([N+](=O)[O-])c1. The van der Waals surface area contributed by atoms with Crippen molar-refractivity contribution in [2.24, 2.45) is 0 Å². The quantitative estimate of drug-likeness (QED) is 0.589. The Hall–Kier alpha value is -3.55. The summed E-state index contributed by atoms with van der Waals surface area (Å²) in [6, 6.07) is 13.0. The monoisotopic (exact) mass is 309 g/mol. The van der Waals surface area contributed by atoms with Crippen LogP contribution in [0.4, 0.5) is 11.4 Å². The Bertz CT molecular complexity index is 847. The van der Waals surface area contributed by atoms with E-state index in [2.05, 4.69) is 15.4 Å². The van der Waals surface area contributed by atoms with E-state index in [0.29, 0.717) is 5.69 Å². The number of nitrogens with zero attached hydrogens (tertiary/aromatic N) is 4. The van der Waals surface area contributed by atoms with Crippen LogP contribution in [0.15, 0.2) is 61.2 Å². The van der Waals surface area contributed by atoms with Gasteiger partial charge in [-0.05, 0) is 24.3 Å². The molecule has 0 aliphatic rings. The van der Waals surface area contributed by atoms with E-state index >= 15 is 0 Å². The second-order valence-electron chi connectivity index (χ2n) is 4.62. The van der Waals surface area contributed by atoms with E-state index in [9.17, 15) is 14.9 Å². The van der Waals surface area contributed by atoms with Gasteiger partial charge in [-0.25, -0.2) is 9.67 Å². The van der Waals surface area contributed by atoms with Crippen LogP contribution < -0.4 is 5.32 Å². The van der Waals surface area contributed by atoms with Crippen LogP contribution in [0.1, 0.15) is 10.4 Å². The minimum absolute atomic E-state index is 0.185. The highest BCUT2D eigenvalue weighted by Gasteiger charge is 2.19. The van der Waals surface area contributed by atoms with Crippen LogP contribution in [-0.4, -0.2) is 25.6 Å². The fourth-order valence-electron chi connectivity index (χ4n) is 2.06. The zero-order chi connectivity index (χ0) is 16.2. The first-order chi connectivity index (χ1) is 11.1. The molecule has 23 heavy (non-hydrogen) atoms. The molecule has 0 radical (unpaired) electrons. The molecule has 0 saturated heterocycles. The summed E-state index contributed by atoms with van der Waals surface area (Å²) in [6.45, 7) is 0. The van der Waals surface area contributed by atoms with Crippen molar-refractivity contribution >= 4 is 17.3 Å². The van der Waals surface area contributed by atoms with Gasteiger partial charge >= 0.3 is 0 Å². The largest absolute Gasteiger partial charge is 0.322 e. The highest BCUT2D eigenvalue weighted by molar-refractivity contribution is 6.04. The van der Waals surface area contributed by atoms with Gasteiger partial charge in [-0.1, -0.05) is 18.2 Å². The van der Waals surface area contributed by atoms with E-state index in [1.54, 1.807) is 24.3 Å². The van der Waals surface area contributed by atoms with Gasteiger partial charge in [-0.3, -0.25) is 14.9 Å². The first kappa shape index (κ1) is 14.4. The Labute approximate surface area is 130 Å². The molecule has 0 spiro atoms. The number of aromatic nitrogens is 3. The van der Waals surface area contributed by atoms with E-state index in [4.69, 9.17) is 0 Å².